The highest BCUT2D eigenvalue weighted by Crippen LogP contribution is 2.46. The van der Waals surface area contributed by atoms with Crippen LogP contribution in [0.1, 0.15) is 63.7 Å². The minimum absolute atomic E-state index is 0.161. The first kappa shape index (κ1) is 12.4. The molecule has 1 fully saturated rings. The molecule has 1 aromatic rings. The number of carbonyl (C=O) groups excluding carboxylic acids is 1. The molecule has 2 nitrogen and oxygen atoms in total. The maximum absolute atomic E-state index is 11.7. The molecule has 1 aliphatic rings. The number of Topliss-reactive ketones (excluding diaryl/α,β-unsaturated/α-hetero) is 1. The smallest absolute Gasteiger partial charge is 0.133 e. The van der Waals surface area contributed by atoms with Gasteiger partial charge in [-0.1, -0.05) is 20.8 Å². The Labute approximate surface area is 103 Å². The second-order valence-electron chi connectivity index (χ2n) is 5.69. The van der Waals surface area contributed by atoms with Gasteiger partial charge in [-0.2, -0.15) is 0 Å². The number of ketones is 1. The molecule has 0 N–H and O–H groups in total. The van der Waals surface area contributed by atoms with Crippen molar-refractivity contribution in [3.05, 3.63) is 23.7 Å². The highest BCUT2D eigenvalue weighted by molar-refractivity contribution is 5.79. The largest absolute Gasteiger partial charge is 0.469 e. The van der Waals surface area contributed by atoms with E-state index in [0.717, 1.165) is 18.6 Å². The van der Waals surface area contributed by atoms with Crippen LogP contribution in [-0.4, -0.2) is 5.78 Å². The molecule has 1 aromatic heterocycles. The number of furan rings is 1. The third kappa shape index (κ3) is 2.18. The quantitative estimate of drug-likeness (QED) is 0.787. The molecule has 0 radical (unpaired) electrons. The van der Waals surface area contributed by atoms with Gasteiger partial charge in [0.2, 0.25) is 0 Å². The molecule has 0 aromatic carbocycles. The third-order valence-electron chi connectivity index (χ3n) is 4.15. The van der Waals surface area contributed by atoms with Crippen molar-refractivity contribution in [2.24, 2.45) is 11.8 Å². The van der Waals surface area contributed by atoms with E-state index in [1.54, 1.807) is 13.2 Å². The Morgan fingerprint density at radius 2 is 2.12 bits per heavy atom. The van der Waals surface area contributed by atoms with E-state index in [9.17, 15) is 4.79 Å². The number of rotatable bonds is 3. The van der Waals surface area contributed by atoms with Crippen LogP contribution in [0.5, 0.6) is 0 Å². The van der Waals surface area contributed by atoms with E-state index in [1.807, 2.05) is 0 Å². The predicted octanol–water partition coefficient (Wildman–Crippen LogP) is 4.12. The van der Waals surface area contributed by atoms with Crippen molar-refractivity contribution in [2.45, 2.75) is 52.4 Å². The van der Waals surface area contributed by atoms with Crippen LogP contribution >= 0.6 is 0 Å². The molecule has 1 saturated carbocycles. The van der Waals surface area contributed by atoms with E-state index in [4.69, 9.17) is 4.42 Å². The van der Waals surface area contributed by atoms with Crippen LogP contribution in [-0.2, 0) is 4.79 Å². The maximum Gasteiger partial charge on any atom is 0.133 e. The van der Waals surface area contributed by atoms with E-state index in [2.05, 4.69) is 26.8 Å². The second kappa shape index (κ2) is 4.67. The number of carbonyl (C=O) groups is 1. The van der Waals surface area contributed by atoms with Gasteiger partial charge in [-0.15, -0.1) is 0 Å². The molecule has 17 heavy (non-hydrogen) atoms. The van der Waals surface area contributed by atoms with E-state index in [1.165, 1.54) is 5.56 Å². The normalized spacial score (nSPS) is 28.9. The standard InChI is InChI=1S/C15H22O2/c1-9(2)12-7-8-17-15(12)14-10(3)5-6-13(14)11(4)16/h7-10,13-14H,5-6H2,1-4H3/t10-,13-,14+/m1/s1. The lowest BCUT2D eigenvalue weighted by Crippen LogP contribution is -2.18. The number of hydrogen-bond donors (Lipinski definition) is 0. The topological polar surface area (TPSA) is 30.2 Å². The van der Waals surface area contributed by atoms with Gasteiger partial charge in [0.05, 0.1) is 6.26 Å². The van der Waals surface area contributed by atoms with Crippen molar-refractivity contribution in [1.29, 1.82) is 0 Å². The third-order valence-corrected chi connectivity index (χ3v) is 4.15. The highest BCUT2D eigenvalue weighted by atomic mass is 16.3. The predicted molar refractivity (Wildman–Crippen MR) is 68.1 cm³/mol. The summed E-state index contributed by atoms with van der Waals surface area (Å²) in [5.74, 6) is 2.83. The molecule has 0 bridgehead atoms. The Kier molecular flexibility index (Phi) is 3.41. The van der Waals surface area contributed by atoms with Gasteiger partial charge >= 0.3 is 0 Å². The molecule has 0 aliphatic heterocycles. The van der Waals surface area contributed by atoms with Gasteiger partial charge in [0.1, 0.15) is 11.5 Å². The fraction of sp³-hybridized carbons (Fsp3) is 0.667. The molecule has 0 spiro atoms. The summed E-state index contributed by atoms with van der Waals surface area (Å²) in [7, 11) is 0. The van der Waals surface area contributed by atoms with Gasteiger partial charge in [-0.25, -0.2) is 0 Å². The molecule has 3 atom stereocenters. The molecule has 2 heteroatoms. The van der Waals surface area contributed by atoms with E-state index < -0.39 is 0 Å². The zero-order valence-corrected chi connectivity index (χ0v) is 11.2. The Morgan fingerprint density at radius 1 is 1.41 bits per heavy atom. The van der Waals surface area contributed by atoms with Gasteiger partial charge < -0.3 is 4.42 Å². The van der Waals surface area contributed by atoms with Gasteiger partial charge in [-0.05, 0) is 43.2 Å². The molecule has 0 saturated heterocycles. The molecule has 0 amide bonds. The molecular formula is C15H22O2. The highest BCUT2D eigenvalue weighted by Gasteiger charge is 2.40. The van der Waals surface area contributed by atoms with Crippen LogP contribution in [0.4, 0.5) is 0 Å². The van der Waals surface area contributed by atoms with E-state index in [0.29, 0.717) is 23.5 Å². The first-order chi connectivity index (χ1) is 8.02. The molecular weight excluding hydrogens is 212 g/mol. The lowest BCUT2D eigenvalue weighted by atomic mass is 9.83. The molecule has 94 valence electrons. The van der Waals surface area contributed by atoms with Gasteiger partial charge in [0.15, 0.2) is 0 Å². The Bertz CT molecular complexity index is 403. The summed E-state index contributed by atoms with van der Waals surface area (Å²) in [4.78, 5) is 11.7. The minimum atomic E-state index is 0.161. The number of hydrogen-bond acceptors (Lipinski definition) is 2. The van der Waals surface area contributed by atoms with Crippen LogP contribution in [0, 0.1) is 11.8 Å². The van der Waals surface area contributed by atoms with Crippen molar-refractivity contribution < 1.29 is 9.21 Å². The summed E-state index contributed by atoms with van der Waals surface area (Å²) in [5, 5.41) is 0. The summed E-state index contributed by atoms with van der Waals surface area (Å²) < 4.78 is 5.71. The van der Waals surface area contributed by atoms with E-state index in [-0.39, 0.29) is 5.92 Å². The Hall–Kier alpha value is -1.05. The monoisotopic (exact) mass is 234 g/mol. The SMILES string of the molecule is CC(=O)[C@H]1CC[C@@H](C)[C@@H]1c1occc1C(C)C. The van der Waals surface area contributed by atoms with Crippen LogP contribution in [0.15, 0.2) is 16.7 Å². The van der Waals surface area contributed by atoms with E-state index >= 15 is 0 Å². The average molecular weight is 234 g/mol. The van der Waals surface area contributed by atoms with Gasteiger partial charge in [-0.3, -0.25) is 4.79 Å². The summed E-state index contributed by atoms with van der Waals surface area (Å²) in [5.41, 5.74) is 1.27. The molecule has 2 rings (SSSR count). The Morgan fingerprint density at radius 3 is 2.71 bits per heavy atom. The molecule has 1 aliphatic carbocycles. The van der Waals surface area contributed by atoms with Crippen LogP contribution in [0.2, 0.25) is 0 Å². The average Bonchev–Trinajstić information content (AvgIpc) is 2.82. The van der Waals surface area contributed by atoms with Crippen LogP contribution in [0.3, 0.4) is 0 Å². The summed E-state index contributed by atoms with van der Waals surface area (Å²) in [6.07, 6.45) is 3.92. The second-order valence-corrected chi connectivity index (χ2v) is 5.69. The fourth-order valence-corrected chi connectivity index (χ4v) is 3.17. The van der Waals surface area contributed by atoms with Crippen molar-refractivity contribution in [2.75, 3.05) is 0 Å². The maximum atomic E-state index is 11.7. The fourth-order valence-electron chi connectivity index (χ4n) is 3.17. The first-order valence-electron chi connectivity index (χ1n) is 6.60. The van der Waals surface area contributed by atoms with Crippen LogP contribution < -0.4 is 0 Å². The molecule has 0 unspecified atom stereocenters. The van der Waals surface area contributed by atoms with Gasteiger partial charge in [0, 0.05) is 11.8 Å². The zero-order valence-electron chi connectivity index (χ0n) is 11.2. The minimum Gasteiger partial charge on any atom is -0.469 e. The van der Waals surface area contributed by atoms with Crippen molar-refractivity contribution >= 4 is 5.78 Å². The zero-order chi connectivity index (χ0) is 12.6. The van der Waals surface area contributed by atoms with Crippen molar-refractivity contribution in [1.82, 2.24) is 0 Å². The summed E-state index contributed by atoms with van der Waals surface area (Å²) in [6.45, 7) is 8.31. The first-order valence-corrected chi connectivity index (χ1v) is 6.60. The lowest BCUT2D eigenvalue weighted by Gasteiger charge is -2.21. The van der Waals surface area contributed by atoms with Crippen molar-refractivity contribution in [3.8, 4) is 0 Å². The van der Waals surface area contributed by atoms with Gasteiger partial charge in [0.25, 0.3) is 0 Å². The van der Waals surface area contributed by atoms with Crippen LogP contribution in [0.25, 0.3) is 0 Å². The summed E-state index contributed by atoms with van der Waals surface area (Å²) in [6, 6.07) is 2.06. The Balaban J connectivity index is 2.36. The lowest BCUT2D eigenvalue weighted by molar-refractivity contribution is -0.121. The van der Waals surface area contributed by atoms with Crippen molar-refractivity contribution in [3.63, 3.8) is 0 Å². The summed E-state index contributed by atoms with van der Waals surface area (Å²) >= 11 is 0. The molecule has 1 heterocycles.